The highest BCUT2D eigenvalue weighted by Gasteiger charge is 2.34. The van der Waals surface area contributed by atoms with Crippen molar-refractivity contribution in [3.05, 3.63) is 51.7 Å². The second-order valence-electron chi connectivity index (χ2n) is 4.99. The van der Waals surface area contributed by atoms with Crippen molar-refractivity contribution in [1.29, 1.82) is 0 Å². The molecule has 4 nitrogen and oxygen atoms in total. The molecule has 2 heterocycles. The summed E-state index contributed by atoms with van der Waals surface area (Å²) >= 11 is 9.41. The third-order valence-electron chi connectivity index (χ3n) is 3.77. The largest absolute Gasteiger partial charge is 0.349 e. The van der Waals surface area contributed by atoms with E-state index in [0.29, 0.717) is 13.1 Å². The minimum Gasteiger partial charge on any atom is -0.349 e. The van der Waals surface area contributed by atoms with Crippen molar-refractivity contribution in [3.63, 3.8) is 0 Å². The summed E-state index contributed by atoms with van der Waals surface area (Å²) in [6.45, 7) is 2.99. The molecule has 1 atom stereocenters. The number of fused-ring (bicyclic) bond motifs is 1. The minimum absolute atomic E-state index is 0.152. The maximum atomic E-state index is 12.9. The Morgan fingerprint density at radius 3 is 2.76 bits per heavy atom. The number of benzene rings is 1. The minimum atomic E-state index is -3.61. The summed E-state index contributed by atoms with van der Waals surface area (Å²) in [5.41, 5.74) is 0.998. The molecule has 0 amide bonds. The van der Waals surface area contributed by atoms with E-state index in [4.69, 9.17) is 11.6 Å². The van der Waals surface area contributed by atoms with E-state index in [2.05, 4.69) is 20.5 Å². The molecule has 0 aliphatic carbocycles. The van der Waals surface area contributed by atoms with Crippen LogP contribution in [-0.4, -0.2) is 23.8 Å². The molecular weight excluding hydrogens is 376 g/mol. The quantitative estimate of drug-likeness (QED) is 0.786. The van der Waals surface area contributed by atoms with E-state index in [1.54, 1.807) is 18.2 Å². The van der Waals surface area contributed by atoms with Gasteiger partial charge in [-0.3, -0.25) is 0 Å². The van der Waals surface area contributed by atoms with Gasteiger partial charge >= 0.3 is 0 Å². The molecule has 0 saturated carbocycles. The summed E-state index contributed by atoms with van der Waals surface area (Å²) < 4.78 is 30.1. The van der Waals surface area contributed by atoms with Gasteiger partial charge in [0.1, 0.15) is 4.90 Å². The zero-order valence-electron chi connectivity index (χ0n) is 11.3. The van der Waals surface area contributed by atoms with E-state index in [9.17, 15) is 8.42 Å². The van der Waals surface area contributed by atoms with Crippen molar-refractivity contribution in [3.8, 4) is 0 Å². The fourth-order valence-corrected chi connectivity index (χ4v) is 5.31. The van der Waals surface area contributed by atoms with E-state index < -0.39 is 10.0 Å². The highest BCUT2D eigenvalue weighted by Crippen LogP contribution is 2.34. The van der Waals surface area contributed by atoms with Crippen LogP contribution in [0.3, 0.4) is 0 Å². The molecule has 1 aliphatic heterocycles. The standard InChI is InChI=1S/C14H14BrClN2O2S/c1-10-13-3-2-6-17(13)7-8-18(10)21(19,20)14-5-4-11(15)9-12(14)16/h2-6,9-10H,7-8H2,1H3/t10-/m1/s1. The van der Waals surface area contributed by atoms with Gasteiger partial charge in [0.05, 0.1) is 11.1 Å². The molecule has 1 aromatic heterocycles. The molecule has 1 aliphatic rings. The van der Waals surface area contributed by atoms with Gasteiger partial charge < -0.3 is 4.57 Å². The van der Waals surface area contributed by atoms with E-state index in [1.807, 2.05) is 25.3 Å². The molecule has 0 spiro atoms. The van der Waals surface area contributed by atoms with Gasteiger partial charge in [0, 0.05) is 29.5 Å². The normalized spacial score (nSPS) is 19.5. The van der Waals surface area contributed by atoms with E-state index >= 15 is 0 Å². The Bertz CT molecular complexity index is 788. The molecule has 3 rings (SSSR count). The van der Waals surface area contributed by atoms with Gasteiger partial charge in [0.15, 0.2) is 0 Å². The maximum Gasteiger partial charge on any atom is 0.245 e. The summed E-state index contributed by atoms with van der Waals surface area (Å²) in [4.78, 5) is 0.152. The second-order valence-corrected chi connectivity index (χ2v) is 8.17. The maximum absolute atomic E-state index is 12.9. The Hall–Kier alpha value is -0.820. The van der Waals surface area contributed by atoms with E-state index in [-0.39, 0.29) is 16.0 Å². The SMILES string of the molecule is C[C@@H]1c2cccn2CCN1S(=O)(=O)c1ccc(Br)cc1Cl. The highest BCUT2D eigenvalue weighted by molar-refractivity contribution is 9.10. The van der Waals surface area contributed by atoms with Gasteiger partial charge in [-0.15, -0.1) is 0 Å². The molecule has 7 heteroatoms. The molecule has 2 aromatic rings. The van der Waals surface area contributed by atoms with Crippen LogP contribution in [0.1, 0.15) is 18.7 Å². The van der Waals surface area contributed by atoms with Gasteiger partial charge in [0.25, 0.3) is 0 Å². The number of sulfonamides is 1. The smallest absolute Gasteiger partial charge is 0.245 e. The number of hydrogen-bond donors (Lipinski definition) is 0. The van der Waals surface area contributed by atoms with Crippen molar-refractivity contribution < 1.29 is 8.42 Å². The zero-order valence-corrected chi connectivity index (χ0v) is 14.5. The molecular formula is C14H14BrClN2O2S. The summed E-state index contributed by atoms with van der Waals surface area (Å²) in [6, 6.07) is 8.52. The van der Waals surface area contributed by atoms with Gasteiger partial charge in [-0.05, 0) is 37.3 Å². The first-order valence-corrected chi connectivity index (χ1v) is 9.14. The van der Waals surface area contributed by atoms with Crippen molar-refractivity contribution in [2.45, 2.75) is 24.4 Å². The first-order valence-electron chi connectivity index (χ1n) is 6.53. The Kier molecular flexibility index (Phi) is 3.90. The lowest BCUT2D eigenvalue weighted by molar-refractivity contribution is 0.282. The topological polar surface area (TPSA) is 42.3 Å². The molecule has 1 aromatic carbocycles. The molecule has 0 bridgehead atoms. The number of aromatic nitrogens is 1. The first-order chi connectivity index (χ1) is 9.91. The number of hydrogen-bond acceptors (Lipinski definition) is 2. The first kappa shape index (κ1) is 15.1. The number of rotatable bonds is 2. The molecule has 0 radical (unpaired) electrons. The van der Waals surface area contributed by atoms with Crippen LogP contribution in [0, 0.1) is 0 Å². The van der Waals surface area contributed by atoms with Crippen LogP contribution in [-0.2, 0) is 16.6 Å². The van der Waals surface area contributed by atoms with Crippen LogP contribution in [0.5, 0.6) is 0 Å². The molecule has 0 fully saturated rings. The third kappa shape index (κ3) is 2.54. The van der Waals surface area contributed by atoms with Crippen LogP contribution in [0.2, 0.25) is 5.02 Å². The average Bonchev–Trinajstić information content (AvgIpc) is 2.87. The van der Waals surface area contributed by atoms with Gasteiger partial charge in [0.2, 0.25) is 10.0 Å². The van der Waals surface area contributed by atoms with Crippen molar-refractivity contribution >= 4 is 37.6 Å². The zero-order chi connectivity index (χ0) is 15.2. The average molecular weight is 390 g/mol. The lowest BCUT2D eigenvalue weighted by atomic mass is 10.2. The summed E-state index contributed by atoms with van der Waals surface area (Å²) in [6.07, 6.45) is 1.97. The van der Waals surface area contributed by atoms with E-state index in [1.165, 1.54) is 4.31 Å². The lowest BCUT2D eigenvalue weighted by Crippen LogP contribution is -2.40. The van der Waals surface area contributed by atoms with Crippen LogP contribution >= 0.6 is 27.5 Å². The van der Waals surface area contributed by atoms with Crippen LogP contribution < -0.4 is 0 Å². The Morgan fingerprint density at radius 1 is 1.29 bits per heavy atom. The third-order valence-corrected chi connectivity index (χ3v) is 6.71. The molecule has 21 heavy (non-hydrogen) atoms. The van der Waals surface area contributed by atoms with Gasteiger partial charge in [-0.1, -0.05) is 27.5 Å². The van der Waals surface area contributed by atoms with Crippen LogP contribution in [0.25, 0.3) is 0 Å². The summed E-state index contributed by atoms with van der Waals surface area (Å²) in [5.74, 6) is 0. The second kappa shape index (κ2) is 5.43. The fraction of sp³-hybridized carbons (Fsp3) is 0.286. The van der Waals surface area contributed by atoms with Crippen LogP contribution in [0.4, 0.5) is 0 Å². The predicted molar refractivity (Wildman–Crippen MR) is 85.9 cm³/mol. The highest BCUT2D eigenvalue weighted by atomic mass is 79.9. The number of halogens is 2. The Balaban J connectivity index is 2.03. The van der Waals surface area contributed by atoms with Gasteiger partial charge in [-0.25, -0.2) is 8.42 Å². The van der Waals surface area contributed by atoms with Crippen molar-refractivity contribution in [2.75, 3.05) is 6.54 Å². The summed E-state index contributed by atoms with van der Waals surface area (Å²) in [5, 5.41) is 0.234. The number of nitrogens with zero attached hydrogens (tertiary/aromatic N) is 2. The predicted octanol–water partition coefficient (Wildman–Crippen LogP) is 3.67. The molecule has 112 valence electrons. The van der Waals surface area contributed by atoms with E-state index in [0.717, 1.165) is 10.2 Å². The summed E-state index contributed by atoms with van der Waals surface area (Å²) in [7, 11) is -3.61. The van der Waals surface area contributed by atoms with Gasteiger partial charge in [-0.2, -0.15) is 4.31 Å². The molecule has 0 saturated heterocycles. The lowest BCUT2D eigenvalue weighted by Gasteiger charge is -2.34. The monoisotopic (exact) mass is 388 g/mol. The molecule has 0 N–H and O–H groups in total. The fourth-order valence-electron chi connectivity index (χ4n) is 2.70. The molecule has 0 unspecified atom stereocenters. The Labute approximate surface area is 137 Å². The van der Waals surface area contributed by atoms with Crippen LogP contribution in [0.15, 0.2) is 45.9 Å². The Morgan fingerprint density at radius 2 is 2.05 bits per heavy atom. The van der Waals surface area contributed by atoms with Crippen molar-refractivity contribution in [1.82, 2.24) is 8.87 Å². The van der Waals surface area contributed by atoms with Crippen molar-refractivity contribution in [2.24, 2.45) is 0 Å².